The van der Waals surface area contributed by atoms with Crippen molar-refractivity contribution in [3.8, 4) is 5.75 Å². The third kappa shape index (κ3) is 5.55. The van der Waals surface area contributed by atoms with Gasteiger partial charge in [-0.15, -0.1) is 0 Å². The van der Waals surface area contributed by atoms with E-state index in [2.05, 4.69) is 20.4 Å². The zero-order valence-corrected chi connectivity index (χ0v) is 16.4. The van der Waals surface area contributed by atoms with Crippen LogP contribution in [-0.4, -0.2) is 22.8 Å². The molecule has 1 aromatic heterocycles. The lowest BCUT2D eigenvalue weighted by molar-refractivity contribution is 0.160. The summed E-state index contributed by atoms with van der Waals surface area (Å²) in [5.41, 5.74) is 7.77. The van der Waals surface area contributed by atoms with Crippen LogP contribution in [0.25, 0.3) is 0 Å². The number of aromatic nitrogens is 2. The average Bonchev–Trinajstić information content (AvgIpc) is 2.69. The molecule has 1 heterocycles. The van der Waals surface area contributed by atoms with Crippen LogP contribution in [0.2, 0.25) is 5.02 Å². The van der Waals surface area contributed by atoms with E-state index in [1.54, 1.807) is 30.3 Å². The van der Waals surface area contributed by atoms with E-state index in [1.807, 2.05) is 6.92 Å². The van der Waals surface area contributed by atoms with Gasteiger partial charge in [0.15, 0.2) is 0 Å². The maximum absolute atomic E-state index is 13.3. The Morgan fingerprint density at radius 2 is 2.10 bits per heavy atom. The normalized spacial score (nSPS) is 10.9. The van der Waals surface area contributed by atoms with Crippen molar-refractivity contribution >= 4 is 35.1 Å². The van der Waals surface area contributed by atoms with Gasteiger partial charge in [-0.2, -0.15) is 0 Å². The van der Waals surface area contributed by atoms with Gasteiger partial charge in [-0.3, -0.25) is 0 Å². The smallest absolute Gasteiger partial charge is 0.144 e. The van der Waals surface area contributed by atoms with Gasteiger partial charge in [-0.25, -0.2) is 14.4 Å². The summed E-state index contributed by atoms with van der Waals surface area (Å²) in [5.74, 6) is 0.865. The molecule has 0 saturated carbocycles. The Morgan fingerprint density at radius 3 is 2.86 bits per heavy atom. The fraction of sp³-hybridized carbons (Fsp3) is 0.150. The molecule has 29 heavy (non-hydrogen) atoms. The van der Waals surface area contributed by atoms with Gasteiger partial charge < -0.3 is 20.6 Å². The Labute approximate surface area is 172 Å². The van der Waals surface area contributed by atoms with Gasteiger partial charge in [0.25, 0.3) is 0 Å². The van der Waals surface area contributed by atoms with E-state index in [1.165, 1.54) is 24.7 Å². The number of nitrogen functional groups attached to an aromatic ring is 1. The maximum atomic E-state index is 13.3. The van der Waals surface area contributed by atoms with E-state index < -0.39 is 0 Å². The van der Waals surface area contributed by atoms with E-state index in [9.17, 15) is 4.39 Å². The predicted molar refractivity (Wildman–Crippen MR) is 111 cm³/mol. The summed E-state index contributed by atoms with van der Waals surface area (Å²) in [6.45, 7) is 2.45. The fourth-order valence-corrected chi connectivity index (χ4v) is 2.66. The van der Waals surface area contributed by atoms with Crippen molar-refractivity contribution in [1.82, 2.24) is 9.97 Å². The summed E-state index contributed by atoms with van der Waals surface area (Å²) in [5, 5.41) is 7.33. The minimum Gasteiger partial charge on any atom is -0.487 e. The molecule has 0 saturated heterocycles. The molecule has 2 aromatic carbocycles. The van der Waals surface area contributed by atoms with Crippen LogP contribution in [0.5, 0.6) is 5.75 Å². The number of nitrogens with one attached hydrogen (secondary N) is 1. The number of rotatable bonds is 8. The zero-order valence-electron chi connectivity index (χ0n) is 15.6. The average molecular weight is 416 g/mol. The number of hydrogen-bond donors (Lipinski definition) is 2. The van der Waals surface area contributed by atoms with Crippen molar-refractivity contribution in [2.75, 3.05) is 17.7 Å². The first kappa shape index (κ1) is 20.3. The topological polar surface area (TPSA) is 94.7 Å². The molecule has 9 heteroatoms. The van der Waals surface area contributed by atoms with Gasteiger partial charge in [0.05, 0.1) is 16.8 Å². The van der Waals surface area contributed by atoms with Crippen molar-refractivity contribution in [1.29, 1.82) is 0 Å². The second kappa shape index (κ2) is 9.70. The minimum absolute atomic E-state index is 0.199. The monoisotopic (exact) mass is 415 g/mol. The third-order valence-electron chi connectivity index (χ3n) is 3.78. The van der Waals surface area contributed by atoms with Crippen LogP contribution in [0, 0.1) is 5.82 Å². The molecule has 0 unspecified atom stereocenters. The number of nitrogens with two attached hydrogens (primary N) is 1. The molecule has 7 nitrogen and oxygen atoms in total. The van der Waals surface area contributed by atoms with Gasteiger partial charge in [-0.05, 0) is 42.8 Å². The molecule has 3 N–H and O–H groups in total. The quantitative estimate of drug-likeness (QED) is 0.414. The molecule has 0 aliphatic rings. The molecular formula is C20H19ClFN5O2. The SMILES string of the molecule is CCON=Cc1c(N)ncnc1Nc1ccc(OCc2cccc(F)c2)c(Cl)c1. The van der Waals surface area contributed by atoms with Crippen LogP contribution in [0.3, 0.4) is 0 Å². The van der Waals surface area contributed by atoms with Crippen molar-refractivity contribution in [3.05, 3.63) is 70.8 Å². The molecule has 150 valence electrons. The van der Waals surface area contributed by atoms with E-state index >= 15 is 0 Å². The molecule has 3 rings (SSSR count). The van der Waals surface area contributed by atoms with Crippen molar-refractivity contribution in [2.24, 2.45) is 5.16 Å². The Morgan fingerprint density at radius 1 is 1.24 bits per heavy atom. The summed E-state index contributed by atoms with van der Waals surface area (Å²) < 4.78 is 18.9. The first-order valence-electron chi connectivity index (χ1n) is 8.76. The highest BCUT2D eigenvalue weighted by molar-refractivity contribution is 6.32. The number of anilines is 3. The number of ether oxygens (including phenoxy) is 1. The Hall–Kier alpha value is -3.39. The molecule has 0 aliphatic carbocycles. The Balaban J connectivity index is 1.73. The van der Waals surface area contributed by atoms with Crippen LogP contribution < -0.4 is 15.8 Å². The first-order chi connectivity index (χ1) is 14.1. The summed E-state index contributed by atoms with van der Waals surface area (Å²) in [6, 6.07) is 11.4. The van der Waals surface area contributed by atoms with Crippen LogP contribution in [0.4, 0.5) is 21.7 Å². The molecule has 0 atom stereocenters. The molecule has 0 aliphatic heterocycles. The summed E-state index contributed by atoms with van der Waals surface area (Å²) in [7, 11) is 0. The molecule has 0 fully saturated rings. The standard InChI is InChI=1S/C20H19ClFN5O2/c1-2-29-26-10-16-19(23)24-12-25-20(16)27-15-6-7-18(17(21)9-15)28-11-13-4-3-5-14(22)8-13/h3-10,12H,2,11H2,1H3,(H3,23,24,25,27). The molecule has 0 spiro atoms. The predicted octanol–water partition coefficient (Wildman–Crippen LogP) is 4.54. The van der Waals surface area contributed by atoms with Gasteiger partial charge in [0.1, 0.15) is 42.7 Å². The lowest BCUT2D eigenvalue weighted by atomic mass is 10.2. The van der Waals surface area contributed by atoms with Crippen LogP contribution >= 0.6 is 11.6 Å². The third-order valence-corrected chi connectivity index (χ3v) is 4.07. The van der Waals surface area contributed by atoms with E-state index in [0.717, 1.165) is 0 Å². The summed E-state index contributed by atoms with van der Waals surface area (Å²) in [4.78, 5) is 13.1. The number of nitrogens with zero attached hydrogens (tertiary/aromatic N) is 3. The molecular weight excluding hydrogens is 397 g/mol. The lowest BCUT2D eigenvalue weighted by Gasteiger charge is -2.12. The van der Waals surface area contributed by atoms with E-state index in [4.69, 9.17) is 26.9 Å². The molecule has 0 radical (unpaired) electrons. The minimum atomic E-state index is -0.315. The molecule has 0 amide bonds. The Kier molecular flexibility index (Phi) is 6.80. The number of oxime groups is 1. The lowest BCUT2D eigenvalue weighted by Crippen LogP contribution is -2.05. The maximum Gasteiger partial charge on any atom is 0.144 e. The van der Waals surface area contributed by atoms with Crippen LogP contribution in [0.1, 0.15) is 18.1 Å². The first-order valence-corrected chi connectivity index (χ1v) is 9.14. The number of halogens is 2. The molecule has 0 bridgehead atoms. The van der Waals surface area contributed by atoms with Gasteiger partial charge in [0, 0.05) is 5.69 Å². The highest BCUT2D eigenvalue weighted by Gasteiger charge is 2.10. The largest absolute Gasteiger partial charge is 0.487 e. The Bertz CT molecular complexity index is 1020. The van der Waals surface area contributed by atoms with Gasteiger partial charge in [0.2, 0.25) is 0 Å². The summed E-state index contributed by atoms with van der Waals surface area (Å²) >= 11 is 6.32. The van der Waals surface area contributed by atoms with Crippen LogP contribution in [-0.2, 0) is 11.4 Å². The van der Waals surface area contributed by atoms with Gasteiger partial charge >= 0.3 is 0 Å². The van der Waals surface area contributed by atoms with Crippen molar-refractivity contribution in [3.63, 3.8) is 0 Å². The van der Waals surface area contributed by atoms with Crippen molar-refractivity contribution in [2.45, 2.75) is 13.5 Å². The van der Waals surface area contributed by atoms with Gasteiger partial charge in [-0.1, -0.05) is 28.9 Å². The highest BCUT2D eigenvalue weighted by atomic mass is 35.5. The fourth-order valence-electron chi connectivity index (χ4n) is 2.42. The highest BCUT2D eigenvalue weighted by Crippen LogP contribution is 2.30. The second-order valence-electron chi connectivity index (χ2n) is 5.86. The second-order valence-corrected chi connectivity index (χ2v) is 6.27. The van der Waals surface area contributed by atoms with Crippen molar-refractivity contribution < 1.29 is 14.0 Å². The van der Waals surface area contributed by atoms with E-state index in [0.29, 0.717) is 40.0 Å². The number of benzene rings is 2. The number of hydrogen-bond acceptors (Lipinski definition) is 7. The van der Waals surface area contributed by atoms with Crippen LogP contribution in [0.15, 0.2) is 53.9 Å². The molecule has 3 aromatic rings. The zero-order chi connectivity index (χ0) is 20.6. The summed E-state index contributed by atoms with van der Waals surface area (Å²) in [6.07, 6.45) is 2.78. The van der Waals surface area contributed by atoms with E-state index in [-0.39, 0.29) is 18.2 Å².